The molecular formula is C27H27NO5. The van der Waals surface area contributed by atoms with Crippen molar-refractivity contribution in [2.24, 2.45) is 0 Å². The molecule has 0 saturated carbocycles. The van der Waals surface area contributed by atoms with Crippen LogP contribution in [0.2, 0.25) is 0 Å². The summed E-state index contributed by atoms with van der Waals surface area (Å²) in [6.07, 6.45) is 7.18. The summed E-state index contributed by atoms with van der Waals surface area (Å²) < 4.78 is 21.3. The second-order valence-corrected chi connectivity index (χ2v) is 7.01. The van der Waals surface area contributed by atoms with Gasteiger partial charge in [0, 0.05) is 11.8 Å². The van der Waals surface area contributed by atoms with Crippen LogP contribution < -0.4 is 24.3 Å². The summed E-state index contributed by atoms with van der Waals surface area (Å²) in [4.78, 5) is 12.2. The van der Waals surface area contributed by atoms with E-state index in [1.165, 1.54) is 6.08 Å². The average Bonchev–Trinajstić information content (AvgIpc) is 2.86. The van der Waals surface area contributed by atoms with Gasteiger partial charge in [-0.05, 0) is 59.2 Å². The van der Waals surface area contributed by atoms with Gasteiger partial charge in [-0.3, -0.25) is 4.79 Å². The fourth-order valence-corrected chi connectivity index (χ4v) is 3.14. The molecule has 1 amide bonds. The number of anilines is 1. The van der Waals surface area contributed by atoms with Gasteiger partial charge in [0.15, 0.2) is 11.5 Å². The van der Waals surface area contributed by atoms with E-state index in [0.29, 0.717) is 22.9 Å². The van der Waals surface area contributed by atoms with Gasteiger partial charge < -0.3 is 24.3 Å². The zero-order chi connectivity index (χ0) is 23.6. The molecule has 0 spiro atoms. The zero-order valence-electron chi connectivity index (χ0n) is 19.1. The van der Waals surface area contributed by atoms with Crippen molar-refractivity contribution in [2.75, 3.05) is 33.8 Å². The molecule has 0 unspecified atom stereocenters. The summed E-state index contributed by atoms with van der Waals surface area (Å²) in [6, 6.07) is 18.8. The van der Waals surface area contributed by atoms with Gasteiger partial charge in [-0.2, -0.15) is 0 Å². The first-order chi connectivity index (χ1) is 16.1. The summed E-state index contributed by atoms with van der Waals surface area (Å²) in [6.45, 7) is 0. The molecule has 3 rings (SSSR count). The lowest BCUT2D eigenvalue weighted by atomic mass is 10.1. The molecule has 0 atom stereocenters. The van der Waals surface area contributed by atoms with Crippen molar-refractivity contribution < 1.29 is 23.7 Å². The number of hydrogen-bond acceptors (Lipinski definition) is 5. The molecule has 3 aromatic rings. The van der Waals surface area contributed by atoms with Gasteiger partial charge in [-0.25, -0.2) is 0 Å². The van der Waals surface area contributed by atoms with E-state index in [1.54, 1.807) is 34.5 Å². The van der Waals surface area contributed by atoms with Gasteiger partial charge in [0.2, 0.25) is 11.7 Å². The summed E-state index contributed by atoms with van der Waals surface area (Å²) >= 11 is 0. The van der Waals surface area contributed by atoms with Crippen molar-refractivity contribution in [3.05, 3.63) is 83.4 Å². The van der Waals surface area contributed by atoms with E-state index < -0.39 is 0 Å². The van der Waals surface area contributed by atoms with Crippen molar-refractivity contribution in [1.82, 2.24) is 0 Å². The Bertz CT molecular complexity index is 1110. The molecule has 0 radical (unpaired) electrons. The normalized spacial score (nSPS) is 10.9. The SMILES string of the molecule is COc1ccc(/C=C/C(=O)Nc2ccc(C=Cc3cc(OC)c(OC)c(OC)c3)cc2)cc1. The van der Waals surface area contributed by atoms with Gasteiger partial charge in [0.1, 0.15) is 5.75 Å². The summed E-state index contributed by atoms with van der Waals surface area (Å²) in [5, 5.41) is 2.86. The molecule has 0 aliphatic heterocycles. The first-order valence-corrected chi connectivity index (χ1v) is 10.3. The third-order valence-electron chi connectivity index (χ3n) is 4.88. The number of benzene rings is 3. The smallest absolute Gasteiger partial charge is 0.248 e. The number of ether oxygens (including phenoxy) is 4. The minimum Gasteiger partial charge on any atom is -0.497 e. The molecule has 0 fully saturated rings. The van der Waals surface area contributed by atoms with E-state index in [4.69, 9.17) is 18.9 Å². The van der Waals surface area contributed by atoms with E-state index in [9.17, 15) is 4.79 Å². The van der Waals surface area contributed by atoms with Crippen LogP contribution >= 0.6 is 0 Å². The van der Waals surface area contributed by atoms with Gasteiger partial charge in [-0.1, -0.05) is 36.4 Å². The Labute approximate surface area is 194 Å². The summed E-state index contributed by atoms with van der Waals surface area (Å²) in [7, 11) is 6.37. The first kappa shape index (κ1) is 23.5. The van der Waals surface area contributed by atoms with Crippen LogP contribution in [-0.4, -0.2) is 34.3 Å². The molecule has 170 valence electrons. The Morgan fingerprint density at radius 1 is 0.667 bits per heavy atom. The Kier molecular flexibility index (Phi) is 8.13. The highest BCUT2D eigenvalue weighted by molar-refractivity contribution is 6.02. The second kappa shape index (κ2) is 11.4. The van der Waals surface area contributed by atoms with E-state index in [2.05, 4.69) is 5.32 Å². The zero-order valence-corrected chi connectivity index (χ0v) is 19.1. The third kappa shape index (κ3) is 6.40. The lowest BCUT2D eigenvalue weighted by molar-refractivity contribution is -0.111. The number of rotatable bonds is 9. The highest BCUT2D eigenvalue weighted by atomic mass is 16.5. The molecule has 0 aliphatic carbocycles. The third-order valence-corrected chi connectivity index (χ3v) is 4.88. The Balaban J connectivity index is 1.63. The number of methoxy groups -OCH3 is 4. The van der Waals surface area contributed by atoms with Crippen LogP contribution in [0.15, 0.2) is 66.7 Å². The summed E-state index contributed by atoms with van der Waals surface area (Å²) in [5.74, 6) is 2.32. The van der Waals surface area contributed by atoms with Crippen LogP contribution in [0.25, 0.3) is 18.2 Å². The molecule has 0 aliphatic rings. The van der Waals surface area contributed by atoms with Gasteiger partial charge in [0.25, 0.3) is 0 Å². The number of carbonyl (C=O) groups is 1. The second-order valence-electron chi connectivity index (χ2n) is 7.01. The molecule has 6 nitrogen and oxygen atoms in total. The molecule has 3 aromatic carbocycles. The number of hydrogen-bond donors (Lipinski definition) is 1. The van der Waals surface area contributed by atoms with Crippen LogP contribution in [0.5, 0.6) is 23.0 Å². The molecule has 0 saturated heterocycles. The minimum atomic E-state index is -0.202. The number of carbonyl (C=O) groups excluding carboxylic acids is 1. The maximum absolute atomic E-state index is 12.2. The van der Waals surface area contributed by atoms with Crippen molar-refractivity contribution >= 4 is 29.8 Å². The lowest BCUT2D eigenvalue weighted by Crippen LogP contribution is -2.07. The van der Waals surface area contributed by atoms with Crippen LogP contribution in [0.1, 0.15) is 16.7 Å². The van der Waals surface area contributed by atoms with Gasteiger partial charge in [-0.15, -0.1) is 0 Å². The fourth-order valence-electron chi connectivity index (χ4n) is 3.14. The van der Waals surface area contributed by atoms with Crippen molar-refractivity contribution in [3.8, 4) is 23.0 Å². The number of amides is 1. The lowest BCUT2D eigenvalue weighted by Gasteiger charge is -2.12. The number of nitrogens with one attached hydrogen (secondary N) is 1. The molecule has 1 N–H and O–H groups in total. The highest BCUT2D eigenvalue weighted by Gasteiger charge is 2.11. The van der Waals surface area contributed by atoms with Crippen LogP contribution in [0, 0.1) is 0 Å². The minimum absolute atomic E-state index is 0.202. The Morgan fingerprint density at radius 3 is 1.76 bits per heavy atom. The molecule has 0 heterocycles. The van der Waals surface area contributed by atoms with Crippen molar-refractivity contribution in [3.63, 3.8) is 0 Å². The van der Waals surface area contributed by atoms with Crippen LogP contribution in [0.4, 0.5) is 5.69 Å². The Hall–Kier alpha value is -4.19. The maximum Gasteiger partial charge on any atom is 0.248 e. The Morgan fingerprint density at radius 2 is 1.21 bits per heavy atom. The molecular weight excluding hydrogens is 418 g/mol. The molecule has 6 heteroatoms. The first-order valence-electron chi connectivity index (χ1n) is 10.3. The van der Waals surface area contributed by atoms with E-state index >= 15 is 0 Å². The van der Waals surface area contributed by atoms with Crippen molar-refractivity contribution in [1.29, 1.82) is 0 Å². The van der Waals surface area contributed by atoms with Crippen molar-refractivity contribution in [2.45, 2.75) is 0 Å². The van der Waals surface area contributed by atoms with E-state index in [1.807, 2.05) is 72.8 Å². The standard InChI is InChI=1S/C27H27NO5/c1-30-23-14-9-20(10-15-23)11-16-26(29)28-22-12-7-19(8-13-22)5-6-21-17-24(31-2)27(33-4)25(18-21)32-3/h5-18H,1-4H3,(H,28,29)/b6-5?,16-11+. The van der Waals surface area contributed by atoms with E-state index in [0.717, 1.165) is 22.4 Å². The quantitative estimate of drug-likeness (QED) is 0.346. The predicted molar refractivity (Wildman–Crippen MR) is 132 cm³/mol. The topological polar surface area (TPSA) is 66.0 Å². The largest absolute Gasteiger partial charge is 0.497 e. The maximum atomic E-state index is 12.2. The fraction of sp³-hybridized carbons (Fsp3) is 0.148. The van der Waals surface area contributed by atoms with Crippen LogP contribution in [0.3, 0.4) is 0 Å². The van der Waals surface area contributed by atoms with Gasteiger partial charge >= 0.3 is 0 Å². The predicted octanol–water partition coefficient (Wildman–Crippen LogP) is 5.54. The molecule has 0 aromatic heterocycles. The van der Waals surface area contributed by atoms with Gasteiger partial charge in [0.05, 0.1) is 28.4 Å². The average molecular weight is 446 g/mol. The summed E-state index contributed by atoms with van der Waals surface area (Å²) in [5.41, 5.74) is 3.52. The monoisotopic (exact) mass is 445 g/mol. The highest BCUT2D eigenvalue weighted by Crippen LogP contribution is 2.38. The molecule has 0 bridgehead atoms. The van der Waals surface area contributed by atoms with E-state index in [-0.39, 0.29) is 5.91 Å². The molecule has 33 heavy (non-hydrogen) atoms. The van der Waals surface area contributed by atoms with Crippen LogP contribution in [-0.2, 0) is 4.79 Å².